The normalized spacial score (nSPS) is 17.3. The molecule has 3 aromatic carbocycles. The van der Waals surface area contributed by atoms with E-state index in [2.05, 4.69) is 15.6 Å². The molecule has 1 aliphatic heterocycles. The number of urea groups is 1. The Morgan fingerprint density at radius 3 is 2.60 bits per heavy atom. The zero-order valence-corrected chi connectivity index (χ0v) is 24.7. The largest absolute Gasteiger partial charge is 0.485 e. The number of aliphatic hydroxyl groups excluding tert-OH is 1. The van der Waals surface area contributed by atoms with Crippen molar-refractivity contribution in [1.29, 1.82) is 0 Å². The molecule has 0 radical (unpaired) electrons. The van der Waals surface area contributed by atoms with E-state index in [4.69, 9.17) is 4.74 Å². The van der Waals surface area contributed by atoms with Gasteiger partial charge in [0.25, 0.3) is 11.8 Å². The van der Waals surface area contributed by atoms with Crippen molar-refractivity contribution in [2.75, 3.05) is 37.4 Å². The van der Waals surface area contributed by atoms with E-state index >= 15 is 0 Å². The predicted octanol–water partition coefficient (Wildman–Crippen LogP) is 5.07. The van der Waals surface area contributed by atoms with Gasteiger partial charge >= 0.3 is 6.03 Å². The van der Waals surface area contributed by atoms with Crippen LogP contribution in [0.3, 0.4) is 0 Å². The molecule has 3 atom stereocenters. The third kappa shape index (κ3) is 6.60. The summed E-state index contributed by atoms with van der Waals surface area (Å²) >= 11 is 1.25. The molecule has 43 heavy (non-hydrogen) atoms. The van der Waals surface area contributed by atoms with Crippen LogP contribution in [0.2, 0.25) is 0 Å². The maximum Gasteiger partial charge on any atom is 0.321 e. The number of likely N-dealkylation sites (N-methyl/N-ethyl adjacent to an activating group) is 1. The number of nitrogens with one attached hydrogen (secondary N) is 2. The van der Waals surface area contributed by atoms with Crippen LogP contribution in [0.5, 0.6) is 5.75 Å². The number of anilines is 2. The Morgan fingerprint density at radius 1 is 1.14 bits per heavy atom. The summed E-state index contributed by atoms with van der Waals surface area (Å²) in [5.74, 6) is -1.32. The number of carbonyl (C=O) groups is 3. The van der Waals surface area contributed by atoms with E-state index in [9.17, 15) is 23.9 Å². The van der Waals surface area contributed by atoms with Gasteiger partial charge in [-0.25, -0.2) is 14.2 Å². The third-order valence-corrected chi connectivity index (χ3v) is 8.36. The van der Waals surface area contributed by atoms with Crippen molar-refractivity contribution in [3.63, 3.8) is 0 Å². The number of halogens is 1. The first-order chi connectivity index (χ1) is 20.6. The van der Waals surface area contributed by atoms with E-state index in [0.29, 0.717) is 11.2 Å². The summed E-state index contributed by atoms with van der Waals surface area (Å²) in [6.45, 7) is 3.80. The molecule has 2 heterocycles. The van der Waals surface area contributed by atoms with Gasteiger partial charge in [0.05, 0.1) is 40.7 Å². The molecule has 0 fully saturated rings. The molecule has 4 amide bonds. The highest BCUT2D eigenvalue weighted by Gasteiger charge is 2.35. The van der Waals surface area contributed by atoms with Gasteiger partial charge in [0, 0.05) is 25.2 Å². The molecule has 0 bridgehead atoms. The van der Waals surface area contributed by atoms with Crippen LogP contribution in [0.4, 0.5) is 20.6 Å². The first kappa shape index (κ1) is 29.9. The number of amides is 4. The van der Waals surface area contributed by atoms with Gasteiger partial charge < -0.3 is 30.3 Å². The number of carbonyl (C=O) groups excluding carboxylic acids is 3. The number of rotatable bonds is 7. The van der Waals surface area contributed by atoms with Gasteiger partial charge in [0.15, 0.2) is 10.8 Å². The molecule has 3 N–H and O–H groups in total. The van der Waals surface area contributed by atoms with Crippen molar-refractivity contribution < 1.29 is 28.6 Å². The van der Waals surface area contributed by atoms with Crippen molar-refractivity contribution >= 4 is 50.8 Å². The fraction of sp³-hybridized carbons (Fsp3) is 0.290. The standard InChI is InChI=1S/C31H32FN5O5S/c1-18-15-37(19(2)17-38)30(40)22-7-6-9-24(34-28(39)29-35-23-8-4-5-10-26(23)43-29)27(22)42-25(18)16-36(3)31(41)33-21-13-11-20(32)12-14-21/h4-14,18-19,25,38H,15-17H2,1-3H3,(H,33,41)(H,34,39)/t18-,19-,25+/m0/s1. The second-order valence-electron chi connectivity index (χ2n) is 10.6. The van der Waals surface area contributed by atoms with E-state index in [-0.39, 0.29) is 53.5 Å². The van der Waals surface area contributed by atoms with Gasteiger partial charge in [-0.1, -0.05) is 25.1 Å². The van der Waals surface area contributed by atoms with Crippen LogP contribution in [-0.2, 0) is 0 Å². The highest BCUT2D eigenvalue weighted by molar-refractivity contribution is 7.20. The molecule has 10 nitrogen and oxygen atoms in total. The topological polar surface area (TPSA) is 124 Å². The van der Waals surface area contributed by atoms with Crippen molar-refractivity contribution in [3.05, 3.63) is 83.1 Å². The Hall–Kier alpha value is -4.55. The Balaban J connectivity index is 1.44. The van der Waals surface area contributed by atoms with Gasteiger partial charge in [0.2, 0.25) is 0 Å². The van der Waals surface area contributed by atoms with E-state index in [1.165, 1.54) is 40.5 Å². The highest BCUT2D eigenvalue weighted by Crippen LogP contribution is 2.35. The molecule has 1 aromatic heterocycles. The number of benzene rings is 3. The second-order valence-corrected chi connectivity index (χ2v) is 11.6. The molecule has 1 aliphatic rings. The number of ether oxygens (including phenoxy) is 1. The second kappa shape index (κ2) is 12.8. The lowest BCUT2D eigenvalue weighted by Crippen LogP contribution is -2.50. The van der Waals surface area contributed by atoms with Crippen molar-refractivity contribution in [2.24, 2.45) is 5.92 Å². The summed E-state index contributed by atoms with van der Waals surface area (Å²) < 4.78 is 20.7. The lowest BCUT2D eigenvalue weighted by atomic mass is 9.99. The fourth-order valence-corrected chi connectivity index (χ4v) is 5.67. The summed E-state index contributed by atoms with van der Waals surface area (Å²) in [6.07, 6.45) is -0.607. The van der Waals surface area contributed by atoms with Crippen LogP contribution in [0, 0.1) is 11.7 Å². The van der Waals surface area contributed by atoms with Crippen molar-refractivity contribution in [2.45, 2.75) is 26.0 Å². The number of fused-ring (bicyclic) bond motifs is 2. The van der Waals surface area contributed by atoms with E-state index in [1.54, 1.807) is 37.1 Å². The number of para-hydroxylation sites is 2. The van der Waals surface area contributed by atoms with Crippen molar-refractivity contribution in [1.82, 2.24) is 14.8 Å². The average Bonchev–Trinajstić information content (AvgIpc) is 3.44. The zero-order chi connectivity index (χ0) is 30.7. The number of thiazole rings is 1. The van der Waals surface area contributed by atoms with Gasteiger partial charge in [0.1, 0.15) is 11.9 Å². The molecule has 0 spiro atoms. The molecular formula is C31H32FN5O5S. The lowest BCUT2D eigenvalue weighted by molar-refractivity contribution is 0.0372. The van der Waals surface area contributed by atoms with Gasteiger partial charge in [-0.3, -0.25) is 9.59 Å². The minimum absolute atomic E-state index is 0.128. The maximum absolute atomic E-state index is 13.7. The predicted molar refractivity (Wildman–Crippen MR) is 163 cm³/mol. The minimum Gasteiger partial charge on any atom is -0.485 e. The Morgan fingerprint density at radius 2 is 1.88 bits per heavy atom. The van der Waals surface area contributed by atoms with Crippen LogP contribution in [0.1, 0.15) is 34.0 Å². The third-order valence-electron chi connectivity index (χ3n) is 7.32. The quantitative estimate of drug-likeness (QED) is 0.270. The Kier molecular flexibility index (Phi) is 8.88. The number of hydrogen-bond donors (Lipinski definition) is 3. The van der Waals surface area contributed by atoms with E-state index in [0.717, 1.165) is 4.70 Å². The smallest absolute Gasteiger partial charge is 0.321 e. The van der Waals surface area contributed by atoms with Crippen molar-refractivity contribution in [3.8, 4) is 5.75 Å². The monoisotopic (exact) mass is 605 g/mol. The van der Waals surface area contributed by atoms with Crippen LogP contribution in [0.15, 0.2) is 66.7 Å². The molecule has 0 saturated carbocycles. The van der Waals surface area contributed by atoms with Gasteiger partial charge in [-0.2, -0.15) is 0 Å². The zero-order valence-electron chi connectivity index (χ0n) is 23.9. The molecular weight excluding hydrogens is 573 g/mol. The number of aliphatic hydroxyl groups is 1. The first-order valence-electron chi connectivity index (χ1n) is 13.8. The van der Waals surface area contributed by atoms with Crippen LogP contribution in [0.25, 0.3) is 10.2 Å². The summed E-state index contributed by atoms with van der Waals surface area (Å²) in [6, 6.07) is 16.9. The summed E-state index contributed by atoms with van der Waals surface area (Å²) in [5.41, 5.74) is 1.64. The number of nitrogens with zero attached hydrogens (tertiary/aromatic N) is 3. The SMILES string of the molecule is C[C@H]1CN([C@@H](C)CO)C(=O)c2cccc(NC(=O)c3nc4ccccc4s3)c2O[C@@H]1CN(C)C(=O)Nc1ccc(F)cc1. The Labute approximate surface area is 252 Å². The molecule has 5 rings (SSSR count). The molecule has 0 aliphatic carbocycles. The maximum atomic E-state index is 13.7. The molecule has 224 valence electrons. The highest BCUT2D eigenvalue weighted by atomic mass is 32.1. The van der Waals surface area contributed by atoms with Crippen LogP contribution >= 0.6 is 11.3 Å². The van der Waals surface area contributed by atoms with E-state index in [1.807, 2.05) is 31.2 Å². The molecule has 4 aromatic rings. The fourth-order valence-electron chi connectivity index (χ4n) is 4.81. The summed E-state index contributed by atoms with van der Waals surface area (Å²) in [7, 11) is 1.61. The number of aromatic nitrogens is 1. The van der Waals surface area contributed by atoms with Crippen LogP contribution < -0.4 is 15.4 Å². The first-order valence-corrected chi connectivity index (χ1v) is 14.6. The van der Waals surface area contributed by atoms with Gasteiger partial charge in [-0.15, -0.1) is 11.3 Å². The van der Waals surface area contributed by atoms with E-state index < -0.39 is 29.9 Å². The molecule has 12 heteroatoms. The average molecular weight is 606 g/mol. The molecule has 0 saturated heterocycles. The number of hydrogen-bond acceptors (Lipinski definition) is 7. The van der Waals surface area contributed by atoms with Gasteiger partial charge in [-0.05, 0) is 55.5 Å². The lowest BCUT2D eigenvalue weighted by Gasteiger charge is -2.38. The Bertz CT molecular complexity index is 1610. The van der Waals surface area contributed by atoms with Crippen LogP contribution in [-0.4, -0.2) is 76.6 Å². The molecule has 0 unspecified atom stereocenters. The summed E-state index contributed by atoms with van der Waals surface area (Å²) in [4.78, 5) is 47.5. The summed E-state index contributed by atoms with van der Waals surface area (Å²) in [5, 5.41) is 15.8. The minimum atomic E-state index is -0.607.